The molecule has 2 aliphatic carbocycles. The second kappa shape index (κ2) is 11.6. The Morgan fingerprint density at radius 3 is 2.15 bits per heavy atom. The maximum atomic E-state index is 2.60. The molecule has 0 radical (unpaired) electrons. The fourth-order valence-electron chi connectivity index (χ4n) is 6.55. The minimum atomic E-state index is 0.188. The first-order chi connectivity index (χ1) is 16.6. The van der Waals surface area contributed by atoms with Gasteiger partial charge in [-0.15, -0.1) is 0 Å². The van der Waals surface area contributed by atoms with Crippen molar-refractivity contribution < 1.29 is 0 Å². The Morgan fingerprint density at radius 2 is 1.50 bits per heavy atom. The van der Waals surface area contributed by atoms with E-state index in [1.54, 1.807) is 16.7 Å². The number of fused-ring (bicyclic) bond motifs is 3. The summed E-state index contributed by atoms with van der Waals surface area (Å²) in [6.07, 6.45) is 19.5. The summed E-state index contributed by atoms with van der Waals surface area (Å²) in [4.78, 5) is 2.57. The summed E-state index contributed by atoms with van der Waals surface area (Å²) in [7, 11) is 2.33. The van der Waals surface area contributed by atoms with Crippen LogP contribution < -0.4 is 4.90 Å². The molecule has 1 nitrogen and oxygen atoms in total. The summed E-state index contributed by atoms with van der Waals surface area (Å²) in [5.74, 6) is 0. The molecule has 0 spiro atoms. The Hall–Kier alpha value is -2.02. The number of anilines is 1. The van der Waals surface area contributed by atoms with Crippen LogP contribution in [0.3, 0.4) is 0 Å². The summed E-state index contributed by atoms with van der Waals surface area (Å²) in [6.45, 7) is 6.93. The second-order valence-corrected chi connectivity index (χ2v) is 11.1. The van der Waals surface area contributed by atoms with Crippen molar-refractivity contribution >= 4 is 5.69 Å². The first kappa shape index (κ1) is 25.1. The van der Waals surface area contributed by atoms with E-state index in [0.717, 1.165) is 0 Å². The van der Waals surface area contributed by atoms with Crippen LogP contribution in [0.2, 0.25) is 0 Å². The lowest BCUT2D eigenvalue weighted by Gasteiger charge is -2.35. The van der Waals surface area contributed by atoms with Gasteiger partial charge < -0.3 is 4.90 Å². The van der Waals surface area contributed by atoms with E-state index in [1.807, 2.05) is 0 Å². The molecule has 1 unspecified atom stereocenters. The van der Waals surface area contributed by atoms with Gasteiger partial charge in [-0.25, -0.2) is 0 Å². The largest absolute Gasteiger partial charge is 0.371 e. The molecule has 2 aromatic carbocycles. The fourth-order valence-corrected chi connectivity index (χ4v) is 6.55. The van der Waals surface area contributed by atoms with Gasteiger partial charge in [-0.05, 0) is 73.4 Å². The van der Waals surface area contributed by atoms with Crippen LogP contribution in [-0.2, 0) is 5.41 Å². The Balaban J connectivity index is 1.70. The van der Waals surface area contributed by atoms with Crippen LogP contribution in [0.1, 0.15) is 115 Å². The lowest BCUT2D eigenvalue weighted by molar-refractivity contribution is 0.401. The normalized spacial score (nSPS) is 18.4. The number of unbranched alkanes of at least 4 members (excludes halogenated alkanes) is 6. The molecular weight excluding hydrogens is 410 g/mol. The van der Waals surface area contributed by atoms with Crippen LogP contribution in [0.25, 0.3) is 11.1 Å². The highest BCUT2D eigenvalue weighted by Gasteiger charge is 2.42. The topological polar surface area (TPSA) is 3.24 Å². The van der Waals surface area contributed by atoms with Gasteiger partial charge in [0.1, 0.15) is 0 Å². The van der Waals surface area contributed by atoms with Gasteiger partial charge in [0, 0.05) is 24.2 Å². The van der Waals surface area contributed by atoms with Crippen molar-refractivity contribution in [1.29, 1.82) is 0 Å². The smallest absolute Gasteiger partial charge is 0.0369 e. The fraction of sp³-hybridized carbons (Fsp3) is 0.576. The van der Waals surface area contributed by atoms with E-state index < -0.39 is 0 Å². The van der Waals surface area contributed by atoms with Crippen molar-refractivity contribution in [2.24, 2.45) is 0 Å². The van der Waals surface area contributed by atoms with Crippen molar-refractivity contribution in [2.75, 3.05) is 11.9 Å². The number of rotatable bonds is 12. The van der Waals surface area contributed by atoms with Gasteiger partial charge in [0.2, 0.25) is 0 Å². The molecule has 0 saturated carbocycles. The highest BCUT2D eigenvalue weighted by atomic mass is 15.1. The summed E-state index contributed by atoms with van der Waals surface area (Å²) in [5, 5.41) is 0. The molecule has 0 aliphatic heterocycles. The lowest BCUT2D eigenvalue weighted by Crippen LogP contribution is -2.33. The van der Waals surface area contributed by atoms with E-state index >= 15 is 0 Å². The highest BCUT2D eigenvalue weighted by Crippen LogP contribution is 2.55. The SMILES string of the molecule is CCCCCCC1(CCCCCC)c2ccccc2-c2ccc(N(C)C3CC=C(C)CC3)cc21. The Bertz CT molecular complexity index is 956. The average molecular weight is 458 g/mol. The van der Waals surface area contributed by atoms with Gasteiger partial charge in [-0.3, -0.25) is 0 Å². The number of benzene rings is 2. The highest BCUT2D eigenvalue weighted by molar-refractivity contribution is 5.83. The monoisotopic (exact) mass is 457 g/mol. The summed E-state index contributed by atoms with van der Waals surface area (Å²) in [5.41, 5.74) is 9.38. The van der Waals surface area contributed by atoms with Crippen molar-refractivity contribution in [1.82, 2.24) is 0 Å². The van der Waals surface area contributed by atoms with Gasteiger partial charge in [0.05, 0.1) is 0 Å². The third kappa shape index (κ3) is 5.14. The molecule has 0 fully saturated rings. The van der Waals surface area contributed by atoms with Crippen LogP contribution in [0.5, 0.6) is 0 Å². The summed E-state index contributed by atoms with van der Waals surface area (Å²) < 4.78 is 0. The van der Waals surface area contributed by atoms with Gasteiger partial charge in [0.25, 0.3) is 0 Å². The van der Waals surface area contributed by atoms with Gasteiger partial charge in [0.15, 0.2) is 0 Å². The van der Waals surface area contributed by atoms with Crippen LogP contribution in [0.4, 0.5) is 5.69 Å². The van der Waals surface area contributed by atoms with Gasteiger partial charge in [-0.1, -0.05) is 107 Å². The lowest BCUT2D eigenvalue weighted by atomic mass is 9.70. The molecule has 0 saturated heterocycles. The number of allylic oxidation sites excluding steroid dienone is 1. The maximum Gasteiger partial charge on any atom is 0.0369 e. The average Bonchev–Trinajstić information content (AvgIpc) is 3.14. The quantitative estimate of drug-likeness (QED) is 0.226. The molecule has 0 bridgehead atoms. The van der Waals surface area contributed by atoms with E-state index in [2.05, 4.69) is 81.3 Å². The predicted molar refractivity (Wildman–Crippen MR) is 150 cm³/mol. The minimum absolute atomic E-state index is 0.188. The second-order valence-electron chi connectivity index (χ2n) is 11.1. The predicted octanol–water partition coefficient (Wildman–Crippen LogP) is 9.83. The van der Waals surface area contributed by atoms with Crippen molar-refractivity contribution in [2.45, 2.75) is 116 Å². The van der Waals surface area contributed by atoms with E-state index in [-0.39, 0.29) is 5.41 Å². The Kier molecular flexibility index (Phi) is 8.56. The zero-order valence-electron chi connectivity index (χ0n) is 22.3. The molecule has 4 rings (SSSR count). The molecule has 0 aromatic heterocycles. The molecule has 2 aromatic rings. The van der Waals surface area contributed by atoms with Crippen LogP contribution in [0, 0.1) is 0 Å². The zero-order valence-corrected chi connectivity index (χ0v) is 22.3. The van der Waals surface area contributed by atoms with Gasteiger partial charge in [-0.2, -0.15) is 0 Å². The Morgan fingerprint density at radius 1 is 0.824 bits per heavy atom. The van der Waals surface area contributed by atoms with E-state index in [9.17, 15) is 0 Å². The van der Waals surface area contributed by atoms with E-state index in [0.29, 0.717) is 6.04 Å². The molecule has 1 atom stereocenters. The van der Waals surface area contributed by atoms with Crippen LogP contribution in [0.15, 0.2) is 54.1 Å². The first-order valence-corrected chi connectivity index (χ1v) is 14.2. The standard InChI is InChI=1S/C33H47N/c1-5-7-9-13-23-33(24-14-10-8-6-2)31-16-12-11-15-29(31)30-22-21-28(25-32(30)33)34(4)27-19-17-26(3)18-20-27/h11-12,15-17,21-22,25,27H,5-10,13-14,18-20,23-24H2,1-4H3. The number of hydrogen-bond acceptors (Lipinski definition) is 1. The molecule has 0 amide bonds. The van der Waals surface area contributed by atoms with Crippen LogP contribution in [-0.4, -0.2) is 13.1 Å². The number of nitrogens with zero attached hydrogens (tertiary/aromatic N) is 1. The minimum Gasteiger partial charge on any atom is -0.371 e. The van der Waals surface area contributed by atoms with Crippen LogP contribution >= 0.6 is 0 Å². The first-order valence-electron chi connectivity index (χ1n) is 14.2. The molecule has 0 N–H and O–H groups in total. The van der Waals surface area contributed by atoms with Crippen molar-refractivity contribution in [3.63, 3.8) is 0 Å². The van der Waals surface area contributed by atoms with Gasteiger partial charge >= 0.3 is 0 Å². The maximum absolute atomic E-state index is 2.60. The number of hydrogen-bond donors (Lipinski definition) is 0. The molecule has 184 valence electrons. The third-order valence-corrected chi connectivity index (χ3v) is 8.73. The molecule has 34 heavy (non-hydrogen) atoms. The zero-order chi connectivity index (χ0) is 24.0. The molecule has 1 heteroatoms. The molecule has 2 aliphatic rings. The molecule has 0 heterocycles. The van der Waals surface area contributed by atoms with E-state index in [1.165, 1.54) is 100 Å². The third-order valence-electron chi connectivity index (χ3n) is 8.73. The van der Waals surface area contributed by atoms with E-state index in [4.69, 9.17) is 0 Å². The summed E-state index contributed by atoms with van der Waals surface area (Å²) >= 11 is 0. The Labute approximate surface area is 209 Å². The van der Waals surface area contributed by atoms with Crippen molar-refractivity contribution in [3.8, 4) is 11.1 Å². The summed E-state index contributed by atoms with van der Waals surface area (Å²) in [6, 6.07) is 17.4. The van der Waals surface area contributed by atoms with Crippen molar-refractivity contribution in [3.05, 3.63) is 65.2 Å². The molecular formula is C33H47N.